The van der Waals surface area contributed by atoms with E-state index in [1.165, 1.54) is 24.1 Å². The predicted molar refractivity (Wildman–Crippen MR) is 73.1 cm³/mol. The molecule has 1 N–H and O–H groups in total. The van der Waals surface area contributed by atoms with E-state index in [0.717, 1.165) is 18.2 Å². The second-order valence-electron chi connectivity index (χ2n) is 5.30. The van der Waals surface area contributed by atoms with Crippen molar-refractivity contribution >= 4 is 0 Å². The van der Waals surface area contributed by atoms with Crippen LogP contribution >= 0.6 is 0 Å². The average molecular weight is 237 g/mol. The van der Waals surface area contributed by atoms with Crippen LogP contribution in [0.5, 0.6) is 0 Å². The second kappa shape index (κ2) is 6.20. The SMILES string of the molecule is CCC(C)CC(C)NCc1c(C)nn(C)c1C. The fourth-order valence-corrected chi connectivity index (χ4v) is 2.20. The summed E-state index contributed by atoms with van der Waals surface area (Å²) >= 11 is 0. The second-order valence-corrected chi connectivity index (χ2v) is 5.30. The number of hydrogen-bond acceptors (Lipinski definition) is 2. The summed E-state index contributed by atoms with van der Waals surface area (Å²) in [6.07, 6.45) is 2.51. The average Bonchev–Trinajstić information content (AvgIpc) is 2.51. The highest BCUT2D eigenvalue weighted by Crippen LogP contribution is 2.13. The van der Waals surface area contributed by atoms with Crippen molar-refractivity contribution in [1.29, 1.82) is 0 Å². The molecule has 98 valence electrons. The topological polar surface area (TPSA) is 29.9 Å². The summed E-state index contributed by atoms with van der Waals surface area (Å²) in [5.41, 5.74) is 3.77. The van der Waals surface area contributed by atoms with Crippen molar-refractivity contribution in [1.82, 2.24) is 15.1 Å². The normalized spacial score (nSPS) is 14.9. The van der Waals surface area contributed by atoms with Crippen LogP contribution in [-0.2, 0) is 13.6 Å². The van der Waals surface area contributed by atoms with E-state index in [9.17, 15) is 0 Å². The molecular formula is C14H27N3. The van der Waals surface area contributed by atoms with Crippen molar-refractivity contribution < 1.29 is 0 Å². The summed E-state index contributed by atoms with van der Waals surface area (Å²) in [4.78, 5) is 0. The molecule has 1 rings (SSSR count). The van der Waals surface area contributed by atoms with Gasteiger partial charge in [-0.25, -0.2) is 0 Å². The molecule has 3 nitrogen and oxygen atoms in total. The number of aromatic nitrogens is 2. The molecule has 1 heterocycles. The molecule has 1 aromatic rings. The van der Waals surface area contributed by atoms with Gasteiger partial charge < -0.3 is 5.32 Å². The monoisotopic (exact) mass is 237 g/mol. The first-order chi connectivity index (χ1) is 7.95. The van der Waals surface area contributed by atoms with Gasteiger partial charge in [-0.15, -0.1) is 0 Å². The van der Waals surface area contributed by atoms with Crippen LogP contribution in [0.1, 0.15) is 50.6 Å². The molecule has 0 radical (unpaired) electrons. The van der Waals surface area contributed by atoms with Crippen molar-refractivity contribution in [2.24, 2.45) is 13.0 Å². The molecule has 3 heteroatoms. The molecule has 0 aliphatic carbocycles. The van der Waals surface area contributed by atoms with Gasteiger partial charge in [0.05, 0.1) is 5.69 Å². The largest absolute Gasteiger partial charge is 0.310 e. The van der Waals surface area contributed by atoms with Crippen molar-refractivity contribution in [2.45, 2.75) is 60.0 Å². The third-order valence-corrected chi connectivity index (χ3v) is 3.74. The predicted octanol–water partition coefficient (Wildman–Crippen LogP) is 2.95. The first kappa shape index (κ1) is 14.2. The van der Waals surface area contributed by atoms with E-state index < -0.39 is 0 Å². The summed E-state index contributed by atoms with van der Waals surface area (Å²) in [6, 6.07) is 0.573. The molecule has 0 spiro atoms. The number of hydrogen-bond donors (Lipinski definition) is 1. The molecule has 2 unspecified atom stereocenters. The van der Waals surface area contributed by atoms with Crippen LogP contribution < -0.4 is 5.32 Å². The summed E-state index contributed by atoms with van der Waals surface area (Å²) in [5.74, 6) is 0.800. The maximum Gasteiger partial charge on any atom is 0.0641 e. The van der Waals surface area contributed by atoms with E-state index in [0.29, 0.717) is 6.04 Å². The van der Waals surface area contributed by atoms with Crippen LogP contribution in [-0.4, -0.2) is 15.8 Å². The molecule has 17 heavy (non-hydrogen) atoms. The first-order valence-corrected chi connectivity index (χ1v) is 6.68. The lowest BCUT2D eigenvalue weighted by molar-refractivity contribution is 0.411. The minimum Gasteiger partial charge on any atom is -0.310 e. The van der Waals surface area contributed by atoms with Crippen LogP contribution in [0.15, 0.2) is 0 Å². The van der Waals surface area contributed by atoms with Gasteiger partial charge in [0.2, 0.25) is 0 Å². The fourth-order valence-electron chi connectivity index (χ4n) is 2.20. The van der Waals surface area contributed by atoms with Gasteiger partial charge >= 0.3 is 0 Å². The Hall–Kier alpha value is -0.830. The number of nitrogens with zero attached hydrogens (tertiary/aromatic N) is 2. The molecule has 0 bridgehead atoms. The fraction of sp³-hybridized carbons (Fsp3) is 0.786. The standard InChI is InChI=1S/C14H27N3/c1-7-10(2)8-11(3)15-9-14-12(4)16-17(6)13(14)5/h10-11,15H,7-9H2,1-6H3. The van der Waals surface area contributed by atoms with E-state index in [1.54, 1.807) is 0 Å². The van der Waals surface area contributed by atoms with Crippen LogP contribution in [0, 0.1) is 19.8 Å². The molecule has 0 saturated heterocycles. The van der Waals surface area contributed by atoms with Gasteiger partial charge in [-0.05, 0) is 33.1 Å². The lowest BCUT2D eigenvalue weighted by atomic mass is 10.0. The maximum atomic E-state index is 4.44. The molecule has 0 aliphatic heterocycles. The van der Waals surface area contributed by atoms with Gasteiger partial charge in [0, 0.05) is 30.9 Å². The molecule has 1 aromatic heterocycles. The summed E-state index contributed by atoms with van der Waals surface area (Å²) in [6.45, 7) is 12.0. The summed E-state index contributed by atoms with van der Waals surface area (Å²) in [7, 11) is 2.01. The minimum atomic E-state index is 0.573. The molecule has 0 saturated carbocycles. The first-order valence-electron chi connectivity index (χ1n) is 6.68. The van der Waals surface area contributed by atoms with Gasteiger partial charge in [0.15, 0.2) is 0 Å². The highest BCUT2D eigenvalue weighted by Gasteiger charge is 2.11. The Morgan fingerprint density at radius 2 is 1.94 bits per heavy atom. The quantitative estimate of drug-likeness (QED) is 0.824. The van der Waals surface area contributed by atoms with Crippen LogP contribution in [0.25, 0.3) is 0 Å². The van der Waals surface area contributed by atoms with Gasteiger partial charge in [-0.3, -0.25) is 4.68 Å². The van der Waals surface area contributed by atoms with E-state index in [-0.39, 0.29) is 0 Å². The Bertz CT molecular complexity index is 355. The van der Waals surface area contributed by atoms with Gasteiger partial charge in [-0.1, -0.05) is 20.3 Å². The number of nitrogens with one attached hydrogen (secondary N) is 1. The molecule has 0 aliphatic rings. The van der Waals surface area contributed by atoms with E-state index in [1.807, 2.05) is 11.7 Å². The van der Waals surface area contributed by atoms with Crippen molar-refractivity contribution in [2.75, 3.05) is 0 Å². The lowest BCUT2D eigenvalue weighted by Gasteiger charge is -2.17. The lowest BCUT2D eigenvalue weighted by Crippen LogP contribution is -2.27. The van der Waals surface area contributed by atoms with E-state index in [2.05, 4.69) is 45.0 Å². The molecule has 0 fully saturated rings. The Kier molecular flexibility index (Phi) is 5.19. The zero-order valence-electron chi connectivity index (χ0n) is 12.2. The summed E-state index contributed by atoms with van der Waals surface area (Å²) in [5, 5.41) is 8.05. The minimum absolute atomic E-state index is 0.573. The van der Waals surface area contributed by atoms with E-state index in [4.69, 9.17) is 0 Å². The van der Waals surface area contributed by atoms with Gasteiger partial charge in [0.1, 0.15) is 0 Å². The van der Waals surface area contributed by atoms with Crippen LogP contribution in [0.4, 0.5) is 0 Å². The van der Waals surface area contributed by atoms with Crippen molar-refractivity contribution in [3.05, 3.63) is 17.0 Å². The number of aryl methyl sites for hydroxylation is 2. The van der Waals surface area contributed by atoms with Gasteiger partial charge in [-0.2, -0.15) is 5.10 Å². The Morgan fingerprint density at radius 3 is 2.41 bits per heavy atom. The third-order valence-electron chi connectivity index (χ3n) is 3.74. The highest BCUT2D eigenvalue weighted by atomic mass is 15.3. The number of rotatable bonds is 6. The highest BCUT2D eigenvalue weighted by molar-refractivity contribution is 5.24. The Labute approximate surface area is 106 Å². The molecule has 0 amide bonds. The molecular weight excluding hydrogens is 210 g/mol. The zero-order valence-corrected chi connectivity index (χ0v) is 12.2. The van der Waals surface area contributed by atoms with Crippen molar-refractivity contribution in [3.8, 4) is 0 Å². The van der Waals surface area contributed by atoms with Crippen LogP contribution in [0.2, 0.25) is 0 Å². The Morgan fingerprint density at radius 1 is 1.29 bits per heavy atom. The molecule has 0 aromatic carbocycles. The molecule has 2 atom stereocenters. The van der Waals surface area contributed by atoms with E-state index >= 15 is 0 Å². The Balaban J connectivity index is 2.50. The van der Waals surface area contributed by atoms with Crippen LogP contribution in [0.3, 0.4) is 0 Å². The zero-order chi connectivity index (χ0) is 13.0. The third kappa shape index (κ3) is 3.84. The smallest absolute Gasteiger partial charge is 0.0641 e. The maximum absolute atomic E-state index is 4.44. The summed E-state index contributed by atoms with van der Waals surface area (Å²) < 4.78 is 1.96. The van der Waals surface area contributed by atoms with Crippen molar-refractivity contribution in [3.63, 3.8) is 0 Å². The van der Waals surface area contributed by atoms with Gasteiger partial charge in [0.25, 0.3) is 0 Å².